The van der Waals surface area contributed by atoms with E-state index in [0.717, 1.165) is 11.3 Å². The Kier molecular flexibility index (Phi) is 4.77. The average molecular weight is 303 g/mol. The molecule has 0 N–H and O–H groups in total. The van der Waals surface area contributed by atoms with E-state index in [1.54, 1.807) is 0 Å². The second-order valence-electron chi connectivity index (χ2n) is 4.77. The Hall–Kier alpha value is -1.53. The van der Waals surface area contributed by atoms with E-state index in [2.05, 4.69) is 29.2 Å². The molecule has 4 nitrogen and oxygen atoms in total. The van der Waals surface area contributed by atoms with Crippen molar-refractivity contribution in [2.45, 2.75) is 6.04 Å². The largest absolute Gasteiger partial charge is 0.553 e. The summed E-state index contributed by atoms with van der Waals surface area (Å²) in [5.74, 6) is 0. The van der Waals surface area contributed by atoms with E-state index in [9.17, 15) is 4.55 Å². The number of benzene rings is 2. The molecule has 3 rings (SSSR count). The summed E-state index contributed by atoms with van der Waals surface area (Å²) in [6, 6.07) is 20.3. The Bertz CT molecular complexity index is 552. The molecule has 0 aromatic heterocycles. The summed E-state index contributed by atoms with van der Waals surface area (Å²) in [5.41, 5.74) is 2.24. The Morgan fingerprint density at radius 1 is 0.952 bits per heavy atom. The van der Waals surface area contributed by atoms with Gasteiger partial charge in [0.15, 0.2) is 0 Å². The number of anilines is 1. The number of hydrogen-bond acceptors (Lipinski definition) is 4. The number of nitrogens with zero attached hydrogens (tertiary/aromatic N) is 1. The van der Waals surface area contributed by atoms with E-state index in [-0.39, 0.29) is 6.04 Å². The van der Waals surface area contributed by atoms with Crippen molar-refractivity contribution in [2.75, 3.05) is 24.7 Å². The van der Waals surface area contributed by atoms with Crippen molar-refractivity contribution in [3.63, 3.8) is 0 Å². The van der Waals surface area contributed by atoms with Gasteiger partial charge in [-0.25, -0.2) is 0 Å². The molecule has 0 amide bonds. The highest BCUT2D eigenvalue weighted by Gasteiger charge is 2.27. The molecule has 1 saturated heterocycles. The quantitative estimate of drug-likeness (QED) is 0.800. The van der Waals surface area contributed by atoms with Crippen LogP contribution in [0.5, 0.6) is 0 Å². The summed E-state index contributed by atoms with van der Waals surface area (Å²) in [6.07, 6.45) is 0. The minimum absolute atomic E-state index is 0.0152. The van der Waals surface area contributed by atoms with Crippen LogP contribution in [0.2, 0.25) is 0 Å². The van der Waals surface area contributed by atoms with Crippen LogP contribution in [0.25, 0.3) is 0 Å². The van der Waals surface area contributed by atoms with Gasteiger partial charge in [-0.05, 0) is 17.7 Å². The standard InChI is InChI=1S/C16H17NO3S/c18-21-19-12-11-17(15-9-5-2-6-10-15)16(13-20-21)14-7-3-1-4-8-14/h1-10,16H,11-13H2. The fourth-order valence-corrected chi connectivity index (χ4v) is 3.00. The SMILES string of the molecule is [O-][S+]1OCCN(c2ccccc2)C(c2ccccc2)CO1. The molecule has 0 aliphatic carbocycles. The third-order valence-electron chi connectivity index (χ3n) is 3.48. The summed E-state index contributed by atoms with van der Waals surface area (Å²) < 4.78 is 21.9. The molecule has 21 heavy (non-hydrogen) atoms. The van der Waals surface area contributed by atoms with Crippen molar-refractivity contribution in [2.24, 2.45) is 0 Å². The van der Waals surface area contributed by atoms with Crippen molar-refractivity contribution in [1.82, 2.24) is 0 Å². The predicted molar refractivity (Wildman–Crippen MR) is 83.0 cm³/mol. The zero-order valence-electron chi connectivity index (χ0n) is 11.6. The van der Waals surface area contributed by atoms with Gasteiger partial charge in [0.25, 0.3) is 11.7 Å². The van der Waals surface area contributed by atoms with Crippen LogP contribution in [0, 0.1) is 0 Å². The normalized spacial score (nSPS) is 23.4. The fraction of sp³-hybridized carbons (Fsp3) is 0.250. The van der Waals surface area contributed by atoms with Crippen LogP contribution in [-0.4, -0.2) is 24.3 Å². The van der Waals surface area contributed by atoms with Crippen LogP contribution in [0.3, 0.4) is 0 Å². The second kappa shape index (κ2) is 6.95. The zero-order chi connectivity index (χ0) is 14.5. The van der Waals surface area contributed by atoms with Crippen molar-refractivity contribution < 1.29 is 12.9 Å². The summed E-state index contributed by atoms with van der Waals surface area (Å²) in [4.78, 5) is 2.23. The van der Waals surface area contributed by atoms with E-state index in [0.29, 0.717) is 19.8 Å². The molecule has 5 heteroatoms. The van der Waals surface area contributed by atoms with E-state index >= 15 is 0 Å². The van der Waals surface area contributed by atoms with Crippen molar-refractivity contribution in [1.29, 1.82) is 0 Å². The van der Waals surface area contributed by atoms with Crippen molar-refractivity contribution >= 4 is 17.4 Å². The van der Waals surface area contributed by atoms with E-state index < -0.39 is 11.7 Å². The topological polar surface area (TPSA) is 44.8 Å². The Balaban J connectivity index is 1.92. The Morgan fingerprint density at radius 3 is 2.33 bits per heavy atom. The molecule has 0 radical (unpaired) electrons. The first-order chi connectivity index (χ1) is 10.3. The first-order valence-electron chi connectivity index (χ1n) is 6.89. The lowest BCUT2D eigenvalue weighted by molar-refractivity contribution is 0.185. The first-order valence-corrected chi connectivity index (χ1v) is 7.89. The fourth-order valence-electron chi connectivity index (χ4n) is 2.48. The molecule has 1 aliphatic rings. The zero-order valence-corrected chi connectivity index (χ0v) is 12.4. The van der Waals surface area contributed by atoms with Crippen molar-refractivity contribution in [3.05, 3.63) is 66.2 Å². The number of para-hydroxylation sites is 1. The lowest BCUT2D eigenvalue weighted by atomic mass is 10.1. The highest BCUT2D eigenvalue weighted by molar-refractivity contribution is 7.81. The molecular weight excluding hydrogens is 286 g/mol. The summed E-state index contributed by atoms with van der Waals surface area (Å²) in [6.45, 7) is 1.36. The van der Waals surface area contributed by atoms with Crippen LogP contribution in [0.1, 0.15) is 11.6 Å². The third kappa shape index (κ3) is 3.57. The van der Waals surface area contributed by atoms with Gasteiger partial charge < -0.3 is 9.45 Å². The van der Waals surface area contributed by atoms with Gasteiger partial charge in [0.05, 0.1) is 6.04 Å². The minimum Gasteiger partial charge on any atom is -0.553 e. The van der Waals surface area contributed by atoms with E-state index in [1.165, 1.54) is 0 Å². The van der Waals surface area contributed by atoms with Crippen LogP contribution < -0.4 is 4.90 Å². The monoisotopic (exact) mass is 303 g/mol. The molecule has 1 aliphatic heterocycles. The molecule has 0 saturated carbocycles. The van der Waals surface area contributed by atoms with Gasteiger partial charge in [-0.2, -0.15) is 0 Å². The van der Waals surface area contributed by atoms with Gasteiger partial charge in [0.2, 0.25) is 0 Å². The molecule has 0 spiro atoms. The highest BCUT2D eigenvalue weighted by Crippen LogP contribution is 2.29. The molecule has 2 aromatic rings. The van der Waals surface area contributed by atoms with E-state index in [4.69, 9.17) is 8.37 Å². The Labute approximate surface area is 127 Å². The maximum Gasteiger partial charge on any atom is 0.296 e. The number of hydrogen-bond donors (Lipinski definition) is 0. The van der Waals surface area contributed by atoms with Gasteiger partial charge in [0.1, 0.15) is 13.2 Å². The van der Waals surface area contributed by atoms with Crippen LogP contribution in [0.4, 0.5) is 5.69 Å². The van der Waals surface area contributed by atoms with Gasteiger partial charge in [-0.3, -0.25) is 0 Å². The Morgan fingerprint density at radius 2 is 1.62 bits per heavy atom. The van der Waals surface area contributed by atoms with Crippen LogP contribution in [-0.2, 0) is 20.1 Å². The maximum absolute atomic E-state index is 11.5. The second-order valence-corrected chi connectivity index (χ2v) is 5.65. The molecule has 110 valence electrons. The van der Waals surface area contributed by atoms with Gasteiger partial charge in [0, 0.05) is 12.2 Å². The molecule has 2 unspecified atom stereocenters. The third-order valence-corrected chi connectivity index (χ3v) is 4.17. The minimum atomic E-state index is -1.66. The molecule has 1 heterocycles. The predicted octanol–water partition coefficient (Wildman–Crippen LogP) is 2.86. The van der Waals surface area contributed by atoms with Crippen LogP contribution >= 0.6 is 0 Å². The smallest absolute Gasteiger partial charge is 0.296 e. The lowest BCUT2D eigenvalue weighted by Crippen LogP contribution is -2.38. The summed E-state index contributed by atoms with van der Waals surface area (Å²) >= 11 is -1.66. The highest BCUT2D eigenvalue weighted by atomic mass is 32.3. The lowest BCUT2D eigenvalue weighted by Gasteiger charge is -2.34. The summed E-state index contributed by atoms with van der Waals surface area (Å²) in [7, 11) is 0. The maximum atomic E-state index is 11.5. The van der Waals surface area contributed by atoms with E-state index in [1.807, 2.05) is 36.4 Å². The molecular formula is C16H17NO3S. The van der Waals surface area contributed by atoms with Gasteiger partial charge >= 0.3 is 0 Å². The first kappa shape index (κ1) is 14.4. The summed E-state index contributed by atoms with van der Waals surface area (Å²) in [5, 5.41) is 0. The molecule has 2 aromatic carbocycles. The average Bonchev–Trinajstić information content (AvgIpc) is 2.53. The molecule has 2 atom stereocenters. The molecule has 1 fully saturated rings. The number of rotatable bonds is 2. The van der Waals surface area contributed by atoms with Crippen LogP contribution in [0.15, 0.2) is 60.7 Å². The van der Waals surface area contributed by atoms with Gasteiger partial charge in [-0.15, -0.1) is 8.37 Å². The molecule has 0 bridgehead atoms. The van der Waals surface area contributed by atoms with Gasteiger partial charge in [-0.1, -0.05) is 48.5 Å². The van der Waals surface area contributed by atoms with Crippen molar-refractivity contribution in [3.8, 4) is 0 Å².